The maximum atomic E-state index is 13.6. The first kappa shape index (κ1) is 14.6. The number of halogens is 5. The van der Waals surface area contributed by atoms with Crippen molar-refractivity contribution in [3.8, 4) is 5.75 Å². The number of rotatable bonds is 3. The van der Waals surface area contributed by atoms with Crippen molar-refractivity contribution in [2.45, 2.75) is 6.18 Å². The van der Waals surface area contributed by atoms with E-state index in [2.05, 4.69) is 25.8 Å². The molecule has 9 heteroatoms. The van der Waals surface area contributed by atoms with Crippen molar-refractivity contribution < 1.29 is 27.5 Å². The number of nitrogens with two attached hydrogens (primary N) is 1. The molecular formula is C9H7BrF4N2O2. The van der Waals surface area contributed by atoms with Crippen molar-refractivity contribution in [1.29, 1.82) is 0 Å². The smallest absolute Gasteiger partial charge is 0.422 e. The van der Waals surface area contributed by atoms with Crippen LogP contribution in [-0.4, -0.2) is 23.8 Å². The Labute approximate surface area is 107 Å². The quantitative estimate of drug-likeness (QED) is 0.294. The molecule has 0 saturated heterocycles. The van der Waals surface area contributed by atoms with Gasteiger partial charge >= 0.3 is 6.18 Å². The lowest BCUT2D eigenvalue weighted by Gasteiger charge is -2.12. The molecule has 0 aromatic heterocycles. The lowest BCUT2D eigenvalue weighted by molar-refractivity contribution is -0.153. The van der Waals surface area contributed by atoms with E-state index >= 15 is 0 Å². The molecule has 100 valence electrons. The van der Waals surface area contributed by atoms with Crippen molar-refractivity contribution in [2.75, 3.05) is 6.61 Å². The van der Waals surface area contributed by atoms with Crippen molar-refractivity contribution >= 4 is 21.8 Å². The summed E-state index contributed by atoms with van der Waals surface area (Å²) >= 11 is 2.78. The number of hydrogen-bond donors (Lipinski definition) is 2. The summed E-state index contributed by atoms with van der Waals surface area (Å²) in [5, 5.41) is 11.1. The first-order valence-electron chi connectivity index (χ1n) is 4.41. The zero-order valence-electron chi connectivity index (χ0n) is 8.63. The second kappa shape index (κ2) is 5.42. The van der Waals surface area contributed by atoms with Gasteiger partial charge in [0.1, 0.15) is 0 Å². The van der Waals surface area contributed by atoms with E-state index in [0.717, 1.165) is 12.1 Å². The highest BCUT2D eigenvalue weighted by atomic mass is 79.9. The number of nitrogens with zero attached hydrogens (tertiary/aromatic N) is 1. The number of hydrogen-bond acceptors (Lipinski definition) is 3. The van der Waals surface area contributed by atoms with Crippen molar-refractivity contribution in [3.63, 3.8) is 0 Å². The molecule has 0 aliphatic rings. The number of benzene rings is 1. The normalized spacial score (nSPS) is 12.6. The summed E-state index contributed by atoms with van der Waals surface area (Å²) in [5.74, 6) is -2.04. The summed E-state index contributed by atoms with van der Waals surface area (Å²) < 4.78 is 53.3. The molecule has 0 atom stereocenters. The second-order valence-corrected chi connectivity index (χ2v) is 3.92. The molecule has 0 heterocycles. The molecule has 18 heavy (non-hydrogen) atoms. The first-order chi connectivity index (χ1) is 8.26. The fraction of sp³-hybridized carbons (Fsp3) is 0.222. The topological polar surface area (TPSA) is 67.8 Å². The Kier molecular flexibility index (Phi) is 4.38. The van der Waals surface area contributed by atoms with Crippen LogP contribution in [-0.2, 0) is 0 Å². The van der Waals surface area contributed by atoms with Gasteiger partial charge in [-0.15, -0.1) is 0 Å². The van der Waals surface area contributed by atoms with Crippen molar-refractivity contribution in [2.24, 2.45) is 10.9 Å². The Morgan fingerprint density at radius 1 is 1.44 bits per heavy atom. The van der Waals surface area contributed by atoms with Crippen LogP contribution in [0.1, 0.15) is 5.56 Å². The fourth-order valence-electron chi connectivity index (χ4n) is 1.05. The van der Waals surface area contributed by atoms with Gasteiger partial charge in [-0.25, -0.2) is 4.39 Å². The lowest BCUT2D eigenvalue weighted by Crippen LogP contribution is -2.20. The Bertz CT molecular complexity index is 476. The minimum Gasteiger partial charge on any atom is -0.481 e. The molecule has 0 amide bonds. The van der Waals surface area contributed by atoms with Crippen LogP contribution in [0.3, 0.4) is 0 Å². The van der Waals surface area contributed by atoms with Gasteiger partial charge in [0.2, 0.25) is 0 Å². The van der Waals surface area contributed by atoms with Crippen LogP contribution in [0.25, 0.3) is 0 Å². The third-order valence-electron chi connectivity index (χ3n) is 1.82. The zero-order valence-corrected chi connectivity index (χ0v) is 10.2. The van der Waals surface area contributed by atoms with E-state index in [1.54, 1.807) is 0 Å². The molecule has 0 aliphatic carbocycles. The highest BCUT2D eigenvalue weighted by molar-refractivity contribution is 9.10. The fourth-order valence-corrected chi connectivity index (χ4v) is 1.59. The lowest BCUT2D eigenvalue weighted by atomic mass is 10.2. The van der Waals surface area contributed by atoms with E-state index in [0.29, 0.717) is 0 Å². The molecule has 1 rings (SSSR count). The SMILES string of the molecule is N/C(=N/O)c1ccc(OCC(F)(F)F)c(F)c1Br. The highest BCUT2D eigenvalue weighted by Crippen LogP contribution is 2.29. The summed E-state index contributed by atoms with van der Waals surface area (Å²) in [6, 6.07) is 2.12. The summed E-state index contributed by atoms with van der Waals surface area (Å²) in [4.78, 5) is 0. The van der Waals surface area contributed by atoms with Crippen molar-refractivity contribution in [1.82, 2.24) is 0 Å². The van der Waals surface area contributed by atoms with Gasteiger partial charge in [-0.3, -0.25) is 0 Å². The molecule has 1 aromatic carbocycles. The third kappa shape index (κ3) is 3.49. The number of oxime groups is 1. The van der Waals surface area contributed by atoms with Gasteiger partial charge < -0.3 is 15.7 Å². The Morgan fingerprint density at radius 3 is 2.56 bits per heavy atom. The maximum absolute atomic E-state index is 13.6. The van der Waals surface area contributed by atoms with Gasteiger partial charge in [-0.2, -0.15) is 13.2 Å². The summed E-state index contributed by atoms with van der Waals surface area (Å²) in [6.45, 7) is -1.61. The molecule has 4 nitrogen and oxygen atoms in total. The molecule has 0 aliphatic heterocycles. The minimum atomic E-state index is -4.57. The molecule has 3 N–H and O–H groups in total. The average molecular weight is 331 g/mol. The Balaban J connectivity index is 3.02. The van der Waals surface area contributed by atoms with Gasteiger partial charge in [-0.1, -0.05) is 5.16 Å². The van der Waals surface area contributed by atoms with Gasteiger partial charge in [0.05, 0.1) is 4.47 Å². The van der Waals surface area contributed by atoms with Crippen LogP contribution < -0.4 is 10.5 Å². The van der Waals surface area contributed by atoms with Crippen LogP contribution >= 0.6 is 15.9 Å². The van der Waals surface area contributed by atoms with Gasteiger partial charge in [0.15, 0.2) is 24.0 Å². The van der Waals surface area contributed by atoms with Gasteiger partial charge in [-0.05, 0) is 28.1 Å². The molecular weight excluding hydrogens is 324 g/mol. The summed E-state index contributed by atoms with van der Waals surface area (Å²) in [5.41, 5.74) is 5.23. The number of amidine groups is 1. The van der Waals surface area contributed by atoms with Gasteiger partial charge in [0, 0.05) is 5.56 Å². The molecule has 0 unspecified atom stereocenters. The van der Waals surface area contributed by atoms with E-state index < -0.39 is 24.3 Å². The van der Waals surface area contributed by atoms with Crippen molar-refractivity contribution in [3.05, 3.63) is 28.0 Å². The minimum absolute atomic E-state index is 0.00522. The molecule has 0 saturated carbocycles. The van der Waals surface area contributed by atoms with E-state index in [-0.39, 0.29) is 15.9 Å². The standard InChI is InChI=1S/C9H7BrF4N2O2/c10-6-4(8(15)16-17)1-2-5(7(6)11)18-3-9(12,13)14/h1-2,17H,3H2,(H2,15,16). The molecule has 0 spiro atoms. The van der Waals surface area contributed by atoms with Crippen LogP contribution in [0.5, 0.6) is 5.75 Å². The monoisotopic (exact) mass is 330 g/mol. The first-order valence-corrected chi connectivity index (χ1v) is 5.21. The van der Waals surface area contributed by atoms with Crippen LogP contribution in [0.4, 0.5) is 17.6 Å². The van der Waals surface area contributed by atoms with Gasteiger partial charge in [0.25, 0.3) is 0 Å². The molecule has 1 aromatic rings. The van der Waals surface area contributed by atoms with Crippen LogP contribution in [0.2, 0.25) is 0 Å². The Morgan fingerprint density at radius 2 is 2.06 bits per heavy atom. The third-order valence-corrected chi connectivity index (χ3v) is 2.60. The second-order valence-electron chi connectivity index (χ2n) is 3.13. The molecule has 0 bridgehead atoms. The zero-order chi connectivity index (χ0) is 13.9. The van der Waals surface area contributed by atoms with E-state index in [9.17, 15) is 17.6 Å². The molecule has 0 fully saturated rings. The summed E-state index contributed by atoms with van der Waals surface area (Å²) in [7, 11) is 0. The van der Waals surface area contributed by atoms with E-state index in [4.69, 9.17) is 10.9 Å². The van der Waals surface area contributed by atoms with E-state index in [1.165, 1.54) is 0 Å². The summed E-state index contributed by atoms with van der Waals surface area (Å²) in [6.07, 6.45) is -4.57. The van der Waals surface area contributed by atoms with Crippen LogP contribution in [0, 0.1) is 5.82 Å². The number of ether oxygens (including phenoxy) is 1. The predicted molar refractivity (Wildman–Crippen MR) is 58.2 cm³/mol. The molecule has 0 radical (unpaired) electrons. The van der Waals surface area contributed by atoms with Crippen LogP contribution in [0.15, 0.2) is 21.8 Å². The average Bonchev–Trinajstić information content (AvgIpc) is 2.29. The maximum Gasteiger partial charge on any atom is 0.422 e. The number of alkyl halides is 3. The van der Waals surface area contributed by atoms with E-state index in [1.807, 2.05) is 0 Å². The largest absolute Gasteiger partial charge is 0.481 e. The Hall–Kier alpha value is -1.51. The predicted octanol–water partition coefficient (Wildman–Crippen LogP) is 2.62. The highest BCUT2D eigenvalue weighted by Gasteiger charge is 2.29.